The van der Waals surface area contributed by atoms with E-state index in [-0.39, 0.29) is 0 Å². The molecule has 3 nitrogen and oxygen atoms in total. The van der Waals surface area contributed by atoms with Gasteiger partial charge in [0, 0.05) is 17.3 Å². The van der Waals surface area contributed by atoms with Crippen molar-refractivity contribution in [3.8, 4) is 6.07 Å². The van der Waals surface area contributed by atoms with Crippen LogP contribution in [0.4, 0.5) is 5.82 Å². The lowest BCUT2D eigenvalue weighted by Crippen LogP contribution is -2.05. The summed E-state index contributed by atoms with van der Waals surface area (Å²) in [5.74, 6) is 0.674. The first kappa shape index (κ1) is 13.0. The minimum absolute atomic E-state index is 0.612. The normalized spacial score (nSPS) is 12.8. The van der Waals surface area contributed by atoms with Gasteiger partial charge in [-0.1, -0.05) is 23.7 Å². The van der Waals surface area contributed by atoms with Crippen LogP contribution in [0.3, 0.4) is 0 Å². The molecule has 2 aromatic rings. The number of nitrogens with one attached hydrogen (secondary N) is 1. The number of nitriles is 1. The zero-order valence-electron chi connectivity index (χ0n) is 11.0. The Kier molecular flexibility index (Phi) is 3.58. The maximum Gasteiger partial charge on any atom is 0.144 e. The summed E-state index contributed by atoms with van der Waals surface area (Å²) in [5, 5.41) is 13.2. The van der Waals surface area contributed by atoms with Gasteiger partial charge in [-0.25, -0.2) is 4.98 Å². The monoisotopic (exact) mass is 283 g/mol. The van der Waals surface area contributed by atoms with Gasteiger partial charge in [0.05, 0.1) is 5.56 Å². The first-order valence-corrected chi connectivity index (χ1v) is 7.05. The molecule has 0 bridgehead atoms. The number of anilines is 1. The van der Waals surface area contributed by atoms with E-state index >= 15 is 0 Å². The molecule has 0 aliphatic heterocycles. The fourth-order valence-corrected chi connectivity index (χ4v) is 2.74. The molecular formula is C16H14ClN3. The van der Waals surface area contributed by atoms with E-state index in [0.29, 0.717) is 22.9 Å². The van der Waals surface area contributed by atoms with Crippen LogP contribution in [0.15, 0.2) is 30.3 Å². The van der Waals surface area contributed by atoms with Gasteiger partial charge in [0.25, 0.3) is 0 Å². The molecule has 0 fully saturated rings. The second-order valence-corrected chi connectivity index (χ2v) is 5.38. The first-order valence-electron chi connectivity index (χ1n) is 6.67. The van der Waals surface area contributed by atoms with E-state index in [2.05, 4.69) is 16.4 Å². The fourth-order valence-electron chi connectivity index (χ4n) is 2.52. The molecular weight excluding hydrogens is 270 g/mol. The molecule has 1 heterocycles. The molecule has 100 valence electrons. The Morgan fingerprint density at radius 3 is 3.00 bits per heavy atom. The Labute approximate surface area is 123 Å². The van der Waals surface area contributed by atoms with Gasteiger partial charge < -0.3 is 5.32 Å². The number of aryl methyl sites for hydroxylation is 2. The molecule has 0 unspecified atom stereocenters. The summed E-state index contributed by atoms with van der Waals surface area (Å²) in [7, 11) is 0. The largest absolute Gasteiger partial charge is 0.365 e. The molecule has 1 aromatic heterocycles. The summed E-state index contributed by atoms with van der Waals surface area (Å²) < 4.78 is 0. The van der Waals surface area contributed by atoms with Gasteiger partial charge in [0.15, 0.2) is 0 Å². The Morgan fingerprint density at radius 2 is 2.20 bits per heavy atom. The van der Waals surface area contributed by atoms with Gasteiger partial charge in [-0.05, 0) is 48.6 Å². The highest BCUT2D eigenvalue weighted by Crippen LogP contribution is 2.25. The average Bonchev–Trinajstić information content (AvgIpc) is 2.91. The third-order valence-corrected chi connectivity index (χ3v) is 3.76. The summed E-state index contributed by atoms with van der Waals surface area (Å²) in [5.41, 5.74) is 4.03. The molecule has 0 saturated carbocycles. The Balaban J connectivity index is 1.82. The van der Waals surface area contributed by atoms with Crippen LogP contribution in [0.25, 0.3) is 0 Å². The van der Waals surface area contributed by atoms with Crippen LogP contribution in [-0.2, 0) is 19.4 Å². The van der Waals surface area contributed by atoms with Gasteiger partial charge in [-0.15, -0.1) is 0 Å². The van der Waals surface area contributed by atoms with Crippen LogP contribution in [-0.4, -0.2) is 4.98 Å². The lowest BCUT2D eigenvalue weighted by molar-refractivity contribution is 0.899. The van der Waals surface area contributed by atoms with E-state index in [1.54, 1.807) is 0 Å². The van der Waals surface area contributed by atoms with Crippen LogP contribution in [0, 0.1) is 11.3 Å². The zero-order chi connectivity index (χ0) is 13.9. The molecule has 4 heteroatoms. The second-order valence-electron chi connectivity index (χ2n) is 4.94. The number of hydrogen-bond donors (Lipinski definition) is 1. The minimum Gasteiger partial charge on any atom is -0.365 e. The van der Waals surface area contributed by atoms with Crippen molar-refractivity contribution in [1.29, 1.82) is 5.26 Å². The topological polar surface area (TPSA) is 48.7 Å². The van der Waals surface area contributed by atoms with Gasteiger partial charge >= 0.3 is 0 Å². The summed E-state index contributed by atoms with van der Waals surface area (Å²) in [6.45, 7) is 0.612. The number of nitrogens with zero attached hydrogens (tertiary/aromatic N) is 2. The lowest BCUT2D eigenvalue weighted by Gasteiger charge is -2.10. The predicted molar refractivity (Wildman–Crippen MR) is 79.8 cm³/mol. The maximum absolute atomic E-state index is 9.24. The zero-order valence-corrected chi connectivity index (χ0v) is 11.7. The Bertz CT molecular complexity index is 689. The molecule has 0 saturated heterocycles. The number of hydrogen-bond acceptors (Lipinski definition) is 3. The van der Waals surface area contributed by atoms with Gasteiger partial charge in [0.1, 0.15) is 11.9 Å². The molecule has 0 radical (unpaired) electrons. The first-order chi connectivity index (χ1) is 9.76. The van der Waals surface area contributed by atoms with Crippen LogP contribution < -0.4 is 5.32 Å². The Hall–Kier alpha value is -2.05. The molecule has 1 aliphatic carbocycles. The standard InChI is InChI=1S/C16H14ClN3/c17-14-5-1-3-11(7-14)10-19-16-13(9-18)8-12-4-2-6-15(12)20-16/h1,3,5,7-8H,2,4,6,10H2,(H,19,20). The van der Waals surface area contributed by atoms with E-state index in [1.165, 1.54) is 5.56 Å². The van der Waals surface area contributed by atoms with Gasteiger partial charge in [-0.3, -0.25) is 0 Å². The van der Waals surface area contributed by atoms with Crippen molar-refractivity contribution in [2.24, 2.45) is 0 Å². The van der Waals surface area contributed by atoms with Crippen LogP contribution in [0.2, 0.25) is 5.02 Å². The minimum atomic E-state index is 0.612. The van der Waals surface area contributed by atoms with E-state index < -0.39 is 0 Å². The molecule has 20 heavy (non-hydrogen) atoms. The second kappa shape index (κ2) is 5.52. The third-order valence-electron chi connectivity index (χ3n) is 3.52. The molecule has 1 N–H and O–H groups in total. The fraction of sp³-hybridized carbons (Fsp3) is 0.250. The summed E-state index contributed by atoms with van der Waals surface area (Å²) >= 11 is 5.97. The number of aromatic nitrogens is 1. The molecule has 0 amide bonds. The average molecular weight is 284 g/mol. The molecule has 0 atom stereocenters. The summed E-state index contributed by atoms with van der Waals surface area (Å²) in [6.07, 6.45) is 3.17. The van der Waals surface area contributed by atoms with Crippen molar-refractivity contribution in [3.63, 3.8) is 0 Å². The number of halogens is 1. The van der Waals surface area contributed by atoms with Crippen molar-refractivity contribution in [1.82, 2.24) is 4.98 Å². The quantitative estimate of drug-likeness (QED) is 0.934. The van der Waals surface area contributed by atoms with Gasteiger partial charge in [0.2, 0.25) is 0 Å². The van der Waals surface area contributed by atoms with E-state index in [9.17, 15) is 5.26 Å². The number of rotatable bonds is 3. The van der Waals surface area contributed by atoms with E-state index in [4.69, 9.17) is 11.6 Å². The highest BCUT2D eigenvalue weighted by Gasteiger charge is 2.16. The van der Waals surface area contributed by atoms with Crippen LogP contribution >= 0.6 is 11.6 Å². The van der Waals surface area contributed by atoms with Crippen molar-refractivity contribution in [3.05, 3.63) is 57.7 Å². The molecule has 3 rings (SSSR count). The summed E-state index contributed by atoms with van der Waals surface area (Å²) in [4.78, 5) is 4.59. The lowest BCUT2D eigenvalue weighted by atomic mass is 10.1. The number of fused-ring (bicyclic) bond motifs is 1. The number of benzene rings is 1. The van der Waals surface area contributed by atoms with Crippen LogP contribution in [0.1, 0.15) is 28.8 Å². The predicted octanol–water partition coefficient (Wildman–Crippen LogP) is 3.71. The SMILES string of the molecule is N#Cc1cc2c(nc1NCc1cccc(Cl)c1)CCC2. The van der Waals surface area contributed by atoms with Crippen molar-refractivity contribution in [2.75, 3.05) is 5.32 Å². The maximum atomic E-state index is 9.24. The molecule has 1 aliphatic rings. The van der Waals surface area contributed by atoms with Crippen LogP contribution in [0.5, 0.6) is 0 Å². The van der Waals surface area contributed by atoms with E-state index in [1.807, 2.05) is 30.3 Å². The smallest absolute Gasteiger partial charge is 0.144 e. The van der Waals surface area contributed by atoms with Crippen molar-refractivity contribution in [2.45, 2.75) is 25.8 Å². The highest BCUT2D eigenvalue weighted by molar-refractivity contribution is 6.30. The highest BCUT2D eigenvalue weighted by atomic mass is 35.5. The third kappa shape index (κ3) is 2.61. The Morgan fingerprint density at radius 1 is 1.30 bits per heavy atom. The summed E-state index contributed by atoms with van der Waals surface area (Å²) in [6, 6.07) is 11.9. The van der Waals surface area contributed by atoms with Crippen molar-refractivity contribution < 1.29 is 0 Å². The molecule has 1 aromatic carbocycles. The number of pyridine rings is 1. The molecule has 0 spiro atoms. The van der Waals surface area contributed by atoms with Gasteiger partial charge in [-0.2, -0.15) is 5.26 Å². The van der Waals surface area contributed by atoms with E-state index in [0.717, 1.165) is 30.5 Å². The van der Waals surface area contributed by atoms with Crippen molar-refractivity contribution >= 4 is 17.4 Å².